The monoisotopic (exact) mass is 266 g/mol. The van der Waals surface area contributed by atoms with Crippen molar-refractivity contribution >= 4 is 0 Å². The van der Waals surface area contributed by atoms with Crippen molar-refractivity contribution in [3.05, 3.63) is 84.4 Å². The zero-order valence-electron chi connectivity index (χ0n) is 12.0. The van der Waals surface area contributed by atoms with Crippen molar-refractivity contribution in [2.24, 2.45) is 0 Å². The Morgan fingerprint density at radius 1 is 1.00 bits per heavy atom. The number of hydrogen-bond donors (Lipinski definition) is 0. The molecule has 0 bridgehead atoms. The lowest BCUT2D eigenvalue weighted by molar-refractivity contribution is 0.0277. The maximum atomic E-state index is 6.11. The Bertz CT molecular complexity index is 504. The molecule has 0 amide bonds. The summed E-state index contributed by atoms with van der Waals surface area (Å²) >= 11 is 0. The standard InChI is InChI=1S/C19H22O/c1-3-10-19(16(2)18-13-8-5-9-14-18)20-15-17-11-6-4-7-12-17/h3-9,11-14,16,19H,1,10,15H2,2H3. The van der Waals surface area contributed by atoms with Crippen molar-refractivity contribution in [3.8, 4) is 0 Å². The van der Waals surface area contributed by atoms with Gasteiger partial charge in [0.25, 0.3) is 0 Å². The Balaban J connectivity index is 2.01. The molecule has 0 spiro atoms. The Kier molecular flexibility index (Phi) is 5.57. The molecule has 0 aliphatic rings. The van der Waals surface area contributed by atoms with Crippen LogP contribution in [0.2, 0.25) is 0 Å². The first-order chi connectivity index (χ1) is 9.81. The lowest BCUT2D eigenvalue weighted by Gasteiger charge is -2.24. The van der Waals surface area contributed by atoms with Crippen LogP contribution in [0.4, 0.5) is 0 Å². The highest BCUT2D eigenvalue weighted by Gasteiger charge is 2.18. The fourth-order valence-electron chi connectivity index (χ4n) is 2.33. The molecular weight excluding hydrogens is 244 g/mol. The van der Waals surface area contributed by atoms with E-state index in [4.69, 9.17) is 4.74 Å². The van der Waals surface area contributed by atoms with Crippen molar-refractivity contribution in [2.45, 2.75) is 32.0 Å². The second kappa shape index (κ2) is 7.66. The predicted octanol–water partition coefficient (Wildman–Crippen LogP) is 4.95. The molecule has 1 nitrogen and oxygen atoms in total. The summed E-state index contributed by atoms with van der Waals surface area (Å²) < 4.78 is 6.11. The second-order valence-corrected chi connectivity index (χ2v) is 5.06. The van der Waals surface area contributed by atoms with E-state index in [2.05, 4.69) is 49.9 Å². The molecule has 2 rings (SSSR count). The molecule has 0 aliphatic heterocycles. The van der Waals surface area contributed by atoms with Gasteiger partial charge in [0.2, 0.25) is 0 Å². The van der Waals surface area contributed by atoms with E-state index in [1.165, 1.54) is 11.1 Å². The lowest BCUT2D eigenvalue weighted by atomic mass is 9.93. The highest BCUT2D eigenvalue weighted by molar-refractivity contribution is 5.20. The number of rotatable bonds is 7. The lowest BCUT2D eigenvalue weighted by Crippen LogP contribution is -2.19. The van der Waals surface area contributed by atoms with Gasteiger partial charge in [0.1, 0.15) is 0 Å². The molecule has 0 fully saturated rings. The molecule has 0 heterocycles. The molecule has 0 aromatic heterocycles. The van der Waals surface area contributed by atoms with Gasteiger partial charge in [0.15, 0.2) is 0 Å². The van der Waals surface area contributed by atoms with Crippen LogP contribution in [-0.2, 0) is 11.3 Å². The first-order valence-corrected chi connectivity index (χ1v) is 7.12. The highest BCUT2D eigenvalue weighted by Crippen LogP contribution is 2.24. The molecule has 104 valence electrons. The van der Waals surface area contributed by atoms with Gasteiger partial charge in [0.05, 0.1) is 12.7 Å². The van der Waals surface area contributed by atoms with Gasteiger partial charge in [-0.1, -0.05) is 73.7 Å². The number of hydrogen-bond acceptors (Lipinski definition) is 1. The minimum absolute atomic E-state index is 0.162. The van der Waals surface area contributed by atoms with Gasteiger partial charge in [-0.15, -0.1) is 6.58 Å². The highest BCUT2D eigenvalue weighted by atomic mass is 16.5. The third-order valence-electron chi connectivity index (χ3n) is 3.59. The molecule has 2 unspecified atom stereocenters. The third kappa shape index (κ3) is 4.07. The summed E-state index contributed by atoms with van der Waals surface area (Å²) in [5.74, 6) is 0.359. The summed E-state index contributed by atoms with van der Waals surface area (Å²) in [6.07, 6.45) is 2.97. The van der Waals surface area contributed by atoms with E-state index in [9.17, 15) is 0 Å². The van der Waals surface area contributed by atoms with Crippen LogP contribution >= 0.6 is 0 Å². The molecule has 0 radical (unpaired) electrons. The molecule has 20 heavy (non-hydrogen) atoms. The van der Waals surface area contributed by atoms with Crippen molar-refractivity contribution < 1.29 is 4.74 Å². The normalized spacial score (nSPS) is 13.7. The van der Waals surface area contributed by atoms with Crippen LogP contribution in [0.3, 0.4) is 0 Å². The van der Waals surface area contributed by atoms with Crippen LogP contribution < -0.4 is 0 Å². The van der Waals surface area contributed by atoms with Crippen molar-refractivity contribution in [1.29, 1.82) is 0 Å². The first kappa shape index (κ1) is 14.5. The Hall–Kier alpha value is -1.86. The second-order valence-electron chi connectivity index (χ2n) is 5.06. The fourth-order valence-corrected chi connectivity index (χ4v) is 2.33. The molecule has 0 aliphatic carbocycles. The molecule has 0 saturated carbocycles. The van der Waals surface area contributed by atoms with Crippen LogP contribution in [0.15, 0.2) is 73.3 Å². The van der Waals surface area contributed by atoms with Crippen molar-refractivity contribution in [1.82, 2.24) is 0 Å². The zero-order chi connectivity index (χ0) is 14.2. The summed E-state index contributed by atoms with van der Waals surface area (Å²) in [4.78, 5) is 0. The molecule has 0 N–H and O–H groups in total. The number of ether oxygens (including phenoxy) is 1. The largest absolute Gasteiger partial charge is 0.373 e. The molecule has 2 atom stereocenters. The van der Waals surface area contributed by atoms with Crippen LogP contribution in [0, 0.1) is 0 Å². The topological polar surface area (TPSA) is 9.23 Å². The molecule has 2 aromatic rings. The van der Waals surface area contributed by atoms with Gasteiger partial charge in [0, 0.05) is 5.92 Å². The maximum Gasteiger partial charge on any atom is 0.0721 e. The van der Waals surface area contributed by atoms with Crippen LogP contribution in [-0.4, -0.2) is 6.10 Å². The quantitative estimate of drug-likeness (QED) is 0.644. The van der Waals surface area contributed by atoms with Gasteiger partial charge in [-0.05, 0) is 17.5 Å². The Labute approximate surface area is 121 Å². The maximum absolute atomic E-state index is 6.11. The minimum Gasteiger partial charge on any atom is -0.373 e. The van der Waals surface area contributed by atoms with Gasteiger partial charge in [-0.25, -0.2) is 0 Å². The van der Waals surface area contributed by atoms with E-state index in [-0.39, 0.29) is 6.10 Å². The van der Waals surface area contributed by atoms with E-state index in [1.807, 2.05) is 30.3 Å². The van der Waals surface area contributed by atoms with Crippen LogP contribution in [0.5, 0.6) is 0 Å². The summed E-state index contributed by atoms with van der Waals surface area (Å²) in [5, 5.41) is 0. The fraction of sp³-hybridized carbons (Fsp3) is 0.263. The Morgan fingerprint density at radius 2 is 1.60 bits per heavy atom. The van der Waals surface area contributed by atoms with E-state index in [1.54, 1.807) is 0 Å². The van der Waals surface area contributed by atoms with Crippen molar-refractivity contribution in [3.63, 3.8) is 0 Å². The smallest absolute Gasteiger partial charge is 0.0721 e. The molecule has 1 heteroatoms. The third-order valence-corrected chi connectivity index (χ3v) is 3.59. The zero-order valence-corrected chi connectivity index (χ0v) is 12.0. The molecule has 2 aromatic carbocycles. The van der Waals surface area contributed by atoms with Gasteiger partial charge < -0.3 is 4.74 Å². The minimum atomic E-state index is 0.162. The van der Waals surface area contributed by atoms with E-state index in [0.29, 0.717) is 12.5 Å². The van der Waals surface area contributed by atoms with Crippen LogP contribution in [0.25, 0.3) is 0 Å². The summed E-state index contributed by atoms with van der Waals surface area (Å²) in [5.41, 5.74) is 2.52. The van der Waals surface area contributed by atoms with Gasteiger partial charge >= 0.3 is 0 Å². The summed E-state index contributed by atoms with van der Waals surface area (Å²) in [6.45, 7) is 6.72. The Morgan fingerprint density at radius 3 is 2.20 bits per heavy atom. The first-order valence-electron chi connectivity index (χ1n) is 7.12. The van der Waals surface area contributed by atoms with Crippen molar-refractivity contribution in [2.75, 3.05) is 0 Å². The van der Waals surface area contributed by atoms with Crippen LogP contribution in [0.1, 0.15) is 30.4 Å². The van der Waals surface area contributed by atoms with E-state index < -0.39 is 0 Å². The SMILES string of the molecule is C=CCC(OCc1ccccc1)C(C)c1ccccc1. The summed E-state index contributed by atoms with van der Waals surface area (Å²) in [6, 6.07) is 20.8. The average molecular weight is 266 g/mol. The molecular formula is C19H22O. The average Bonchev–Trinajstić information content (AvgIpc) is 2.52. The summed E-state index contributed by atoms with van der Waals surface area (Å²) in [7, 11) is 0. The van der Waals surface area contributed by atoms with E-state index in [0.717, 1.165) is 6.42 Å². The van der Waals surface area contributed by atoms with Gasteiger partial charge in [-0.2, -0.15) is 0 Å². The van der Waals surface area contributed by atoms with Gasteiger partial charge in [-0.3, -0.25) is 0 Å². The number of benzene rings is 2. The van der Waals surface area contributed by atoms with E-state index >= 15 is 0 Å². The predicted molar refractivity (Wildman–Crippen MR) is 84.7 cm³/mol. The molecule has 0 saturated heterocycles.